The second-order valence-corrected chi connectivity index (χ2v) is 8.09. The quantitative estimate of drug-likeness (QED) is 0.279. The molecule has 0 aliphatic carbocycles. The Morgan fingerprint density at radius 2 is 1.82 bits per heavy atom. The summed E-state index contributed by atoms with van der Waals surface area (Å²) >= 11 is 0. The molecule has 7 nitrogen and oxygen atoms in total. The van der Waals surface area contributed by atoms with E-state index in [2.05, 4.69) is 11.5 Å². The lowest BCUT2D eigenvalue weighted by Crippen LogP contribution is -2.42. The van der Waals surface area contributed by atoms with Crippen molar-refractivity contribution in [2.24, 2.45) is 0 Å². The van der Waals surface area contributed by atoms with Crippen LogP contribution in [0, 0.1) is 5.82 Å². The molecule has 0 spiro atoms. The number of nitrogens with zero attached hydrogens (tertiary/aromatic N) is 2. The molecular weight excluding hydrogens is 439 g/mol. The van der Waals surface area contributed by atoms with Gasteiger partial charge in [0, 0.05) is 37.3 Å². The van der Waals surface area contributed by atoms with Gasteiger partial charge in [0.25, 0.3) is 11.7 Å². The van der Waals surface area contributed by atoms with Crippen LogP contribution < -0.4 is 4.74 Å². The third-order valence-corrected chi connectivity index (χ3v) is 6.00. The molecule has 2 aliphatic rings. The minimum Gasteiger partial charge on any atom is -0.507 e. The minimum atomic E-state index is -1.03. The maximum Gasteiger partial charge on any atom is 0.295 e. The van der Waals surface area contributed by atoms with Gasteiger partial charge in [-0.15, -0.1) is 0 Å². The predicted molar refractivity (Wildman–Crippen MR) is 125 cm³/mol. The van der Waals surface area contributed by atoms with Crippen LogP contribution in [0.5, 0.6) is 5.75 Å². The van der Waals surface area contributed by atoms with Crippen molar-refractivity contribution in [2.75, 3.05) is 46.0 Å². The maximum absolute atomic E-state index is 14.9. The van der Waals surface area contributed by atoms with Crippen molar-refractivity contribution in [3.05, 3.63) is 83.7 Å². The van der Waals surface area contributed by atoms with Gasteiger partial charge in [0.15, 0.2) is 0 Å². The summed E-state index contributed by atoms with van der Waals surface area (Å²) in [5.41, 5.74) is 0.367. The molecule has 1 unspecified atom stereocenters. The summed E-state index contributed by atoms with van der Waals surface area (Å²) in [4.78, 5) is 29.6. The van der Waals surface area contributed by atoms with Gasteiger partial charge in [-0.3, -0.25) is 14.5 Å². The van der Waals surface area contributed by atoms with Gasteiger partial charge in [-0.05, 0) is 30.3 Å². The summed E-state index contributed by atoms with van der Waals surface area (Å²) in [6.45, 7) is 7.29. The Balaban J connectivity index is 1.70. The first kappa shape index (κ1) is 23.7. The van der Waals surface area contributed by atoms with Gasteiger partial charge in [-0.2, -0.15) is 0 Å². The summed E-state index contributed by atoms with van der Waals surface area (Å²) in [5.74, 6) is -1.93. The molecule has 2 aliphatic heterocycles. The van der Waals surface area contributed by atoms with Gasteiger partial charge in [-0.25, -0.2) is 4.39 Å². The highest BCUT2D eigenvalue weighted by Gasteiger charge is 2.46. The molecule has 2 saturated heterocycles. The third kappa shape index (κ3) is 4.88. The van der Waals surface area contributed by atoms with Gasteiger partial charge in [0.2, 0.25) is 0 Å². The van der Waals surface area contributed by atoms with E-state index in [0.717, 1.165) is 0 Å². The SMILES string of the molecule is C=CCOc1ccc(/C(O)=C2/C(=O)C(=O)N(CCN3CCOCC3)C2c2ccccc2F)cc1. The highest BCUT2D eigenvalue weighted by atomic mass is 19.1. The second-order valence-electron chi connectivity index (χ2n) is 8.09. The zero-order chi connectivity index (χ0) is 24.1. The number of amides is 1. The minimum absolute atomic E-state index is 0.128. The molecule has 2 fully saturated rings. The Hall–Kier alpha value is -3.49. The van der Waals surface area contributed by atoms with Gasteiger partial charge in [-0.1, -0.05) is 30.9 Å². The number of aliphatic hydroxyl groups is 1. The molecule has 2 aromatic carbocycles. The number of benzene rings is 2. The van der Waals surface area contributed by atoms with Crippen molar-refractivity contribution in [2.45, 2.75) is 6.04 Å². The van der Waals surface area contributed by atoms with E-state index < -0.39 is 23.5 Å². The number of carbonyl (C=O) groups excluding carboxylic acids is 2. The van der Waals surface area contributed by atoms with Crippen LogP contribution in [-0.4, -0.2) is 72.6 Å². The molecule has 0 aromatic heterocycles. The normalized spacial score (nSPS) is 20.5. The monoisotopic (exact) mass is 466 g/mol. The Labute approximate surface area is 197 Å². The fourth-order valence-corrected chi connectivity index (χ4v) is 4.22. The summed E-state index contributed by atoms with van der Waals surface area (Å²) in [7, 11) is 0. The Morgan fingerprint density at radius 3 is 2.50 bits per heavy atom. The molecule has 4 rings (SSSR count). The molecule has 0 saturated carbocycles. The summed E-state index contributed by atoms with van der Waals surface area (Å²) in [6.07, 6.45) is 1.61. The molecule has 34 heavy (non-hydrogen) atoms. The average molecular weight is 467 g/mol. The van der Waals surface area contributed by atoms with Gasteiger partial charge >= 0.3 is 0 Å². The lowest BCUT2D eigenvalue weighted by Gasteiger charge is -2.31. The fraction of sp³-hybridized carbons (Fsp3) is 0.308. The zero-order valence-corrected chi connectivity index (χ0v) is 18.8. The summed E-state index contributed by atoms with van der Waals surface area (Å²) in [6, 6.07) is 11.4. The molecular formula is C26H27FN2O5. The van der Waals surface area contributed by atoms with Crippen LogP contribution in [0.25, 0.3) is 5.76 Å². The molecule has 1 amide bonds. The first-order valence-corrected chi connectivity index (χ1v) is 11.2. The number of ketones is 1. The van der Waals surface area contributed by atoms with Crippen LogP contribution in [0.4, 0.5) is 4.39 Å². The number of ether oxygens (including phenoxy) is 2. The number of hydrogen-bond donors (Lipinski definition) is 1. The van der Waals surface area contributed by atoms with Gasteiger partial charge in [0.1, 0.15) is 23.9 Å². The van der Waals surface area contributed by atoms with E-state index in [9.17, 15) is 19.1 Å². The molecule has 1 N–H and O–H groups in total. The van der Waals surface area contributed by atoms with Gasteiger partial charge in [0.05, 0.1) is 24.8 Å². The van der Waals surface area contributed by atoms with Crippen LogP contribution in [0.1, 0.15) is 17.2 Å². The number of aliphatic hydroxyl groups excluding tert-OH is 1. The number of carbonyl (C=O) groups is 2. The number of Topliss-reactive ketones (excluding diaryl/α,β-unsaturated/α-hetero) is 1. The van der Waals surface area contributed by atoms with Crippen LogP contribution in [0.15, 0.2) is 66.8 Å². The average Bonchev–Trinajstić information content (AvgIpc) is 3.11. The standard InChI is InChI=1S/C26H27FN2O5/c1-2-15-34-19-9-7-18(8-10-19)24(30)22-23(20-5-3-4-6-21(20)27)29(26(32)25(22)31)12-11-28-13-16-33-17-14-28/h2-10,23,30H,1,11-17H2/b24-22-. The van der Waals surface area contributed by atoms with E-state index in [-0.39, 0.29) is 23.4 Å². The third-order valence-electron chi connectivity index (χ3n) is 6.00. The van der Waals surface area contributed by atoms with Crippen molar-refractivity contribution in [1.82, 2.24) is 9.80 Å². The van der Waals surface area contributed by atoms with Crippen molar-refractivity contribution in [1.29, 1.82) is 0 Å². The highest BCUT2D eigenvalue weighted by molar-refractivity contribution is 6.46. The van der Waals surface area contributed by atoms with Crippen molar-refractivity contribution in [3.63, 3.8) is 0 Å². The maximum atomic E-state index is 14.9. The lowest BCUT2D eigenvalue weighted by atomic mass is 9.95. The first-order valence-electron chi connectivity index (χ1n) is 11.2. The first-order chi connectivity index (χ1) is 16.5. The molecule has 8 heteroatoms. The van der Waals surface area contributed by atoms with E-state index in [1.165, 1.54) is 17.0 Å². The smallest absolute Gasteiger partial charge is 0.295 e. The number of likely N-dealkylation sites (tertiary alicyclic amines) is 1. The van der Waals surface area contributed by atoms with Crippen LogP contribution in [0.2, 0.25) is 0 Å². The Morgan fingerprint density at radius 1 is 1.12 bits per heavy atom. The predicted octanol–water partition coefficient (Wildman–Crippen LogP) is 3.14. The van der Waals surface area contributed by atoms with Crippen LogP contribution in [0.3, 0.4) is 0 Å². The Kier molecular flexibility index (Phi) is 7.40. The van der Waals surface area contributed by atoms with Gasteiger partial charge < -0.3 is 19.5 Å². The van der Waals surface area contributed by atoms with Crippen LogP contribution >= 0.6 is 0 Å². The fourth-order valence-electron chi connectivity index (χ4n) is 4.22. The largest absolute Gasteiger partial charge is 0.507 e. The molecule has 0 bridgehead atoms. The van der Waals surface area contributed by atoms with Crippen molar-refractivity contribution >= 4 is 17.4 Å². The van der Waals surface area contributed by atoms with E-state index in [1.807, 2.05) is 0 Å². The second kappa shape index (κ2) is 10.6. The highest BCUT2D eigenvalue weighted by Crippen LogP contribution is 2.40. The van der Waals surface area contributed by atoms with E-state index in [4.69, 9.17) is 9.47 Å². The molecule has 0 radical (unpaired) electrons. The molecule has 1 atom stereocenters. The van der Waals surface area contributed by atoms with E-state index in [0.29, 0.717) is 50.8 Å². The zero-order valence-electron chi connectivity index (χ0n) is 18.8. The lowest BCUT2D eigenvalue weighted by molar-refractivity contribution is -0.140. The van der Waals surface area contributed by atoms with Crippen molar-refractivity contribution < 1.29 is 28.6 Å². The van der Waals surface area contributed by atoms with E-state index in [1.54, 1.807) is 42.5 Å². The molecule has 2 heterocycles. The molecule has 2 aromatic rings. The Bertz CT molecular complexity index is 1090. The number of halogens is 1. The summed E-state index contributed by atoms with van der Waals surface area (Å²) in [5, 5.41) is 11.1. The van der Waals surface area contributed by atoms with E-state index >= 15 is 0 Å². The van der Waals surface area contributed by atoms with Crippen molar-refractivity contribution in [3.8, 4) is 5.75 Å². The van der Waals surface area contributed by atoms with Crippen LogP contribution in [-0.2, 0) is 14.3 Å². The number of rotatable bonds is 8. The molecule has 178 valence electrons. The topological polar surface area (TPSA) is 79.3 Å². The number of hydrogen-bond acceptors (Lipinski definition) is 6. The number of morpholine rings is 1. The summed E-state index contributed by atoms with van der Waals surface area (Å²) < 4.78 is 25.7.